The van der Waals surface area contributed by atoms with E-state index in [-0.39, 0.29) is 12.7 Å². The molecule has 34 heavy (non-hydrogen) atoms. The monoisotopic (exact) mass is 471 g/mol. The quantitative estimate of drug-likeness (QED) is 0.515. The minimum Gasteiger partial charge on any atom is -0.396 e. The molecule has 1 aliphatic heterocycles. The zero-order valence-electron chi connectivity index (χ0n) is 22.0. The average Bonchev–Trinajstić information content (AvgIpc) is 3.20. The smallest absolute Gasteiger partial charge is 0.222 e. The van der Waals surface area contributed by atoms with Gasteiger partial charge in [0.15, 0.2) is 0 Å². The van der Waals surface area contributed by atoms with Crippen molar-refractivity contribution in [2.45, 2.75) is 104 Å². The molecule has 1 amide bonds. The maximum atomic E-state index is 12.9. The highest BCUT2D eigenvalue weighted by Gasteiger charge is 2.59. The van der Waals surface area contributed by atoms with Crippen LogP contribution in [-0.2, 0) is 4.79 Å². The van der Waals surface area contributed by atoms with Crippen LogP contribution in [0.4, 0.5) is 0 Å². The Labute approximate surface area is 207 Å². The summed E-state index contributed by atoms with van der Waals surface area (Å²) in [5, 5.41) is 19.6. The normalized spacial score (nSPS) is 43.5. The molecule has 0 aromatic carbocycles. The third-order valence-corrected chi connectivity index (χ3v) is 11.9. The van der Waals surface area contributed by atoms with Crippen LogP contribution in [0, 0.1) is 46.3 Å². The van der Waals surface area contributed by atoms with Crippen molar-refractivity contribution < 1.29 is 15.0 Å². The Morgan fingerprint density at radius 2 is 1.85 bits per heavy atom. The van der Waals surface area contributed by atoms with Crippen molar-refractivity contribution in [1.29, 1.82) is 0 Å². The second-order valence-corrected chi connectivity index (χ2v) is 13.4. The fourth-order valence-electron chi connectivity index (χ4n) is 9.69. The molecule has 0 unspecified atom stereocenters. The van der Waals surface area contributed by atoms with Gasteiger partial charge in [0, 0.05) is 26.1 Å². The molecule has 4 fully saturated rings. The van der Waals surface area contributed by atoms with Crippen LogP contribution in [0.25, 0.3) is 0 Å². The first kappa shape index (κ1) is 24.8. The summed E-state index contributed by atoms with van der Waals surface area (Å²) < 4.78 is 0. The molecular formula is C30H49NO3. The molecule has 4 nitrogen and oxygen atoms in total. The number of hydrogen-bond acceptors (Lipinski definition) is 3. The third kappa shape index (κ3) is 4.19. The van der Waals surface area contributed by atoms with E-state index in [4.69, 9.17) is 0 Å². The molecule has 0 aromatic heterocycles. The lowest BCUT2D eigenvalue weighted by Gasteiger charge is -2.58. The van der Waals surface area contributed by atoms with E-state index in [0.717, 1.165) is 68.9 Å². The Kier molecular flexibility index (Phi) is 6.96. The number of nitrogens with zero attached hydrogens (tertiary/aromatic N) is 1. The highest BCUT2D eigenvalue weighted by Crippen LogP contribution is 2.67. The predicted molar refractivity (Wildman–Crippen MR) is 136 cm³/mol. The topological polar surface area (TPSA) is 60.8 Å². The maximum absolute atomic E-state index is 12.9. The predicted octanol–water partition coefficient (Wildman–Crippen LogP) is 5.57. The van der Waals surface area contributed by atoms with Crippen molar-refractivity contribution in [3.05, 3.63) is 11.6 Å². The van der Waals surface area contributed by atoms with Gasteiger partial charge < -0.3 is 15.1 Å². The molecule has 0 radical (unpaired) electrons. The minimum absolute atomic E-state index is 0.120. The number of aliphatic hydroxyl groups is 2. The number of rotatable bonds is 5. The lowest BCUT2D eigenvalue weighted by Crippen LogP contribution is -2.50. The van der Waals surface area contributed by atoms with E-state index in [2.05, 4.69) is 31.7 Å². The maximum Gasteiger partial charge on any atom is 0.222 e. The molecule has 5 aliphatic rings. The van der Waals surface area contributed by atoms with E-state index in [1.807, 2.05) is 0 Å². The molecule has 0 bridgehead atoms. The van der Waals surface area contributed by atoms with Gasteiger partial charge in [0.25, 0.3) is 0 Å². The molecule has 3 saturated carbocycles. The number of carbonyl (C=O) groups is 1. The first-order valence-electron chi connectivity index (χ1n) is 14.5. The summed E-state index contributed by atoms with van der Waals surface area (Å²) in [5.41, 5.74) is 2.32. The van der Waals surface area contributed by atoms with Crippen LogP contribution in [0.3, 0.4) is 0 Å². The van der Waals surface area contributed by atoms with Crippen LogP contribution in [0.15, 0.2) is 11.6 Å². The van der Waals surface area contributed by atoms with Crippen molar-refractivity contribution >= 4 is 5.91 Å². The van der Waals surface area contributed by atoms with Crippen LogP contribution in [0.5, 0.6) is 0 Å². The molecular weight excluding hydrogens is 422 g/mol. The van der Waals surface area contributed by atoms with Crippen molar-refractivity contribution in [2.24, 2.45) is 46.3 Å². The van der Waals surface area contributed by atoms with Gasteiger partial charge in [-0.15, -0.1) is 0 Å². The van der Waals surface area contributed by atoms with Crippen LogP contribution >= 0.6 is 0 Å². The minimum atomic E-state index is -0.120. The molecule has 0 spiro atoms. The first-order chi connectivity index (χ1) is 16.3. The molecule has 1 heterocycles. The first-order valence-corrected chi connectivity index (χ1v) is 14.5. The highest BCUT2D eigenvalue weighted by atomic mass is 16.3. The van der Waals surface area contributed by atoms with Crippen molar-refractivity contribution in [2.75, 3.05) is 19.7 Å². The molecule has 1 saturated heterocycles. The molecule has 8 atom stereocenters. The second-order valence-electron chi connectivity index (χ2n) is 13.4. The summed E-state index contributed by atoms with van der Waals surface area (Å²) in [7, 11) is 0. The summed E-state index contributed by atoms with van der Waals surface area (Å²) in [6.07, 6.45) is 15.8. The zero-order chi connectivity index (χ0) is 24.1. The fraction of sp³-hybridized carbons (Fsp3) is 0.900. The molecule has 4 aliphatic carbocycles. The largest absolute Gasteiger partial charge is 0.396 e. The van der Waals surface area contributed by atoms with E-state index < -0.39 is 0 Å². The molecule has 2 N–H and O–H groups in total. The Morgan fingerprint density at radius 3 is 2.59 bits per heavy atom. The Hall–Kier alpha value is -0.870. The summed E-state index contributed by atoms with van der Waals surface area (Å²) >= 11 is 0. The van der Waals surface area contributed by atoms with Crippen LogP contribution in [-0.4, -0.2) is 46.8 Å². The highest BCUT2D eigenvalue weighted by molar-refractivity contribution is 5.76. The number of amides is 1. The van der Waals surface area contributed by atoms with Gasteiger partial charge in [0.05, 0.1) is 6.10 Å². The van der Waals surface area contributed by atoms with E-state index in [0.29, 0.717) is 35.0 Å². The Morgan fingerprint density at radius 1 is 1.09 bits per heavy atom. The van der Waals surface area contributed by atoms with Crippen molar-refractivity contribution in [3.63, 3.8) is 0 Å². The lowest BCUT2D eigenvalue weighted by molar-refractivity contribution is -0.133. The van der Waals surface area contributed by atoms with E-state index in [9.17, 15) is 15.0 Å². The SMILES string of the molecule is C[C@H](CCC(=O)N1CCC(CO)CC1)[C@H]1CC[C@H]2[C@@H]3CC=C4C[C@@H](O)CC[C@]4(C)[C@H]3CC[C@]12C. The number of hydrogen-bond donors (Lipinski definition) is 2. The van der Waals surface area contributed by atoms with E-state index in [1.54, 1.807) is 5.57 Å². The zero-order valence-corrected chi connectivity index (χ0v) is 22.0. The Balaban J connectivity index is 1.21. The summed E-state index contributed by atoms with van der Waals surface area (Å²) in [6.45, 7) is 9.48. The van der Waals surface area contributed by atoms with Gasteiger partial charge >= 0.3 is 0 Å². The number of allylic oxidation sites excluding steroid dienone is 1. The van der Waals surface area contributed by atoms with Gasteiger partial charge in [-0.3, -0.25) is 4.79 Å². The van der Waals surface area contributed by atoms with Crippen LogP contribution < -0.4 is 0 Å². The average molecular weight is 472 g/mol. The number of fused-ring (bicyclic) bond motifs is 5. The third-order valence-electron chi connectivity index (χ3n) is 11.9. The van der Waals surface area contributed by atoms with E-state index in [1.165, 1.54) is 38.5 Å². The van der Waals surface area contributed by atoms with Gasteiger partial charge in [0.2, 0.25) is 5.91 Å². The number of aliphatic hydroxyl groups excluding tert-OH is 2. The number of likely N-dealkylation sites (tertiary alicyclic amines) is 1. The molecule has 5 rings (SSSR count). The van der Waals surface area contributed by atoms with Gasteiger partial charge in [-0.1, -0.05) is 32.4 Å². The fourth-order valence-corrected chi connectivity index (χ4v) is 9.69. The van der Waals surface area contributed by atoms with Crippen molar-refractivity contribution in [1.82, 2.24) is 4.90 Å². The number of carbonyl (C=O) groups excluding carboxylic acids is 1. The molecule has 192 valence electrons. The lowest BCUT2D eigenvalue weighted by atomic mass is 9.47. The van der Waals surface area contributed by atoms with Gasteiger partial charge in [-0.2, -0.15) is 0 Å². The van der Waals surface area contributed by atoms with E-state index >= 15 is 0 Å². The standard InChI is InChI=1S/C30H49NO3/c1-20(4-9-28(34)31-16-12-21(19-32)13-17-31)25-7-8-26-24-6-5-22-18-23(33)10-14-29(22,2)27(24)11-15-30(25,26)3/h5,20-21,23-27,32-33H,4,6-19H2,1-3H3/t20-,23+,24+,25-,26+,27+,29+,30-/m1/s1. The van der Waals surface area contributed by atoms with Gasteiger partial charge in [0.1, 0.15) is 0 Å². The molecule has 4 heteroatoms. The summed E-state index contributed by atoms with van der Waals surface area (Å²) in [6, 6.07) is 0. The Bertz CT molecular complexity index is 786. The second kappa shape index (κ2) is 9.54. The molecule has 0 aromatic rings. The number of piperidine rings is 1. The van der Waals surface area contributed by atoms with Gasteiger partial charge in [-0.25, -0.2) is 0 Å². The van der Waals surface area contributed by atoms with Crippen LogP contribution in [0.1, 0.15) is 97.8 Å². The summed E-state index contributed by atoms with van der Waals surface area (Å²) in [4.78, 5) is 14.9. The van der Waals surface area contributed by atoms with Crippen LogP contribution in [0.2, 0.25) is 0 Å². The van der Waals surface area contributed by atoms with Gasteiger partial charge in [-0.05, 0) is 117 Å². The summed E-state index contributed by atoms with van der Waals surface area (Å²) in [5.74, 6) is 4.53. The van der Waals surface area contributed by atoms with Crippen molar-refractivity contribution in [3.8, 4) is 0 Å².